The van der Waals surface area contributed by atoms with Crippen molar-refractivity contribution in [3.63, 3.8) is 0 Å². The van der Waals surface area contributed by atoms with Crippen LogP contribution in [0.4, 0.5) is 5.82 Å². The number of hydrogen-bond acceptors (Lipinski definition) is 7. The lowest BCUT2D eigenvalue weighted by Gasteiger charge is -2.37. The van der Waals surface area contributed by atoms with Gasteiger partial charge in [-0.15, -0.1) is 0 Å². The van der Waals surface area contributed by atoms with Crippen LogP contribution in [-0.4, -0.2) is 51.2 Å². The summed E-state index contributed by atoms with van der Waals surface area (Å²) in [5.41, 5.74) is 0. The van der Waals surface area contributed by atoms with Gasteiger partial charge >= 0.3 is 0 Å². The highest BCUT2D eigenvalue weighted by Gasteiger charge is 2.26. The van der Waals surface area contributed by atoms with Crippen LogP contribution in [-0.2, 0) is 6.42 Å². The van der Waals surface area contributed by atoms with Crippen molar-refractivity contribution in [1.82, 2.24) is 25.0 Å². The van der Waals surface area contributed by atoms with Crippen LogP contribution in [0.15, 0.2) is 17.0 Å². The molecule has 118 valence electrons. The monoisotopic (exact) mass is 322 g/mol. The number of rotatable bonds is 4. The Morgan fingerprint density at radius 3 is 2.73 bits per heavy atom. The van der Waals surface area contributed by atoms with E-state index < -0.39 is 0 Å². The molecular formula is C14H19ClN6O. The maximum absolute atomic E-state index is 6.16. The second-order valence-electron chi connectivity index (χ2n) is 5.30. The standard InChI is InChI=1S/C14H19ClN6O/c1-3-12-18-14(22-19-12)10(2)20-4-6-21(7-5-20)13-11(15)8-16-9-17-13/h8-10H,3-7H2,1-2H3. The summed E-state index contributed by atoms with van der Waals surface area (Å²) in [6, 6.07) is 0.121. The normalized spacial score (nSPS) is 17.7. The lowest BCUT2D eigenvalue weighted by atomic mass is 10.2. The Hall–Kier alpha value is -1.73. The molecule has 0 spiro atoms. The zero-order valence-electron chi connectivity index (χ0n) is 12.7. The summed E-state index contributed by atoms with van der Waals surface area (Å²) < 4.78 is 5.34. The van der Waals surface area contributed by atoms with Crippen LogP contribution in [0.5, 0.6) is 0 Å². The lowest BCUT2D eigenvalue weighted by molar-refractivity contribution is 0.164. The molecule has 0 aliphatic carbocycles. The number of anilines is 1. The molecule has 1 aliphatic rings. The predicted molar refractivity (Wildman–Crippen MR) is 82.9 cm³/mol. The van der Waals surface area contributed by atoms with Crippen LogP contribution in [0.1, 0.15) is 31.6 Å². The fourth-order valence-corrected chi connectivity index (χ4v) is 2.82. The maximum Gasteiger partial charge on any atom is 0.243 e. The minimum Gasteiger partial charge on any atom is -0.353 e. The summed E-state index contributed by atoms with van der Waals surface area (Å²) >= 11 is 6.16. The highest BCUT2D eigenvalue weighted by molar-refractivity contribution is 6.32. The van der Waals surface area contributed by atoms with Crippen molar-refractivity contribution >= 4 is 17.4 Å². The number of aryl methyl sites for hydroxylation is 1. The van der Waals surface area contributed by atoms with E-state index in [1.165, 1.54) is 6.33 Å². The average Bonchev–Trinajstić information content (AvgIpc) is 3.04. The summed E-state index contributed by atoms with van der Waals surface area (Å²) in [5, 5.41) is 4.56. The topological polar surface area (TPSA) is 71.2 Å². The van der Waals surface area contributed by atoms with Gasteiger partial charge in [0.15, 0.2) is 11.6 Å². The number of nitrogens with zero attached hydrogens (tertiary/aromatic N) is 6. The molecule has 22 heavy (non-hydrogen) atoms. The zero-order valence-corrected chi connectivity index (χ0v) is 13.5. The molecule has 1 fully saturated rings. The summed E-state index contributed by atoms with van der Waals surface area (Å²) in [6.07, 6.45) is 3.95. The minimum absolute atomic E-state index is 0.121. The van der Waals surface area contributed by atoms with Gasteiger partial charge in [-0.1, -0.05) is 23.7 Å². The molecule has 1 atom stereocenters. The van der Waals surface area contributed by atoms with Crippen LogP contribution < -0.4 is 4.90 Å². The third kappa shape index (κ3) is 3.05. The molecule has 0 amide bonds. The molecule has 0 aromatic carbocycles. The van der Waals surface area contributed by atoms with Crippen LogP contribution >= 0.6 is 11.6 Å². The van der Waals surface area contributed by atoms with Crippen LogP contribution in [0, 0.1) is 0 Å². The molecule has 2 aromatic rings. The fourth-order valence-electron chi connectivity index (χ4n) is 2.60. The molecule has 0 N–H and O–H groups in total. The highest BCUT2D eigenvalue weighted by atomic mass is 35.5. The van der Waals surface area contributed by atoms with E-state index in [4.69, 9.17) is 16.1 Å². The van der Waals surface area contributed by atoms with Gasteiger partial charge in [-0.3, -0.25) is 4.90 Å². The van der Waals surface area contributed by atoms with Crippen LogP contribution in [0.3, 0.4) is 0 Å². The van der Waals surface area contributed by atoms with Gasteiger partial charge < -0.3 is 9.42 Å². The van der Waals surface area contributed by atoms with Crippen molar-refractivity contribution in [2.45, 2.75) is 26.3 Å². The molecule has 1 unspecified atom stereocenters. The van der Waals surface area contributed by atoms with Crippen molar-refractivity contribution < 1.29 is 4.52 Å². The smallest absolute Gasteiger partial charge is 0.243 e. The molecule has 8 heteroatoms. The first kappa shape index (κ1) is 15.2. The third-order valence-electron chi connectivity index (χ3n) is 3.97. The summed E-state index contributed by atoms with van der Waals surface area (Å²) in [4.78, 5) is 17.1. The predicted octanol–water partition coefficient (Wildman–Crippen LogP) is 1.96. The molecule has 0 saturated carbocycles. The fraction of sp³-hybridized carbons (Fsp3) is 0.571. The molecule has 0 bridgehead atoms. The average molecular weight is 323 g/mol. The number of halogens is 1. The summed E-state index contributed by atoms with van der Waals surface area (Å²) in [7, 11) is 0. The zero-order chi connectivity index (χ0) is 15.5. The van der Waals surface area contributed by atoms with E-state index in [-0.39, 0.29) is 6.04 Å². The number of piperazine rings is 1. The van der Waals surface area contributed by atoms with E-state index in [2.05, 4.69) is 36.8 Å². The SMILES string of the molecule is CCc1noc(C(C)N2CCN(c3ncncc3Cl)CC2)n1. The largest absolute Gasteiger partial charge is 0.353 e. The first-order valence-electron chi connectivity index (χ1n) is 7.46. The van der Waals surface area contributed by atoms with E-state index in [9.17, 15) is 0 Å². The molecule has 3 rings (SSSR count). The van der Waals surface area contributed by atoms with E-state index in [0.717, 1.165) is 44.2 Å². The van der Waals surface area contributed by atoms with Crippen molar-refractivity contribution in [2.24, 2.45) is 0 Å². The third-order valence-corrected chi connectivity index (χ3v) is 4.23. The Bertz CT molecular complexity index is 625. The van der Waals surface area contributed by atoms with Gasteiger partial charge in [0.05, 0.1) is 12.2 Å². The van der Waals surface area contributed by atoms with Gasteiger partial charge in [-0.2, -0.15) is 4.98 Å². The molecule has 0 radical (unpaired) electrons. The first-order valence-corrected chi connectivity index (χ1v) is 7.83. The van der Waals surface area contributed by atoms with Gasteiger partial charge in [-0.05, 0) is 6.92 Å². The van der Waals surface area contributed by atoms with E-state index >= 15 is 0 Å². The van der Waals surface area contributed by atoms with Gasteiger partial charge in [0.25, 0.3) is 0 Å². The Morgan fingerprint density at radius 1 is 1.32 bits per heavy atom. The summed E-state index contributed by atoms with van der Waals surface area (Å²) in [6.45, 7) is 7.62. The van der Waals surface area contributed by atoms with Crippen molar-refractivity contribution in [1.29, 1.82) is 0 Å². The van der Waals surface area contributed by atoms with Crippen molar-refractivity contribution in [3.8, 4) is 0 Å². The molecule has 3 heterocycles. The van der Waals surface area contributed by atoms with Gasteiger partial charge in [-0.25, -0.2) is 9.97 Å². The Kier molecular flexibility index (Phi) is 4.54. The second-order valence-corrected chi connectivity index (χ2v) is 5.70. The number of aromatic nitrogens is 4. The van der Waals surface area contributed by atoms with E-state index in [1.54, 1.807) is 6.20 Å². The quantitative estimate of drug-likeness (QED) is 0.852. The van der Waals surface area contributed by atoms with Crippen molar-refractivity contribution in [3.05, 3.63) is 29.3 Å². The van der Waals surface area contributed by atoms with Gasteiger partial charge in [0.2, 0.25) is 5.89 Å². The Morgan fingerprint density at radius 2 is 2.09 bits per heavy atom. The molecule has 1 aliphatic heterocycles. The van der Waals surface area contributed by atoms with Gasteiger partial charge in [0, 0.05) is 32.6 Å². The minimum atomic E-state index is 0.121. The molecule has 7 nitrogen and oxygen atoms in total. The van der Waals surface area contributed by atoms with Crippen LogP contribution in [0.25, 0.3) is 0 Å². The summed E-state index contributed by atoms with van der Waals surface area (Å²) in [5.74, 6) is 2.24. The lowest BCUT2D eigenvalue weighted by Crippen LogP contribution is -2.47. The van der Waals surface area contributed by atoms with E-state index in [1.807, 2.05) is 6.92 Å². The Labute approximate surface area is 134 Å². The molecule has 1 saturated heterocycles. The van der Waals surface area contributed by atoms with Gasteiger partial charge in [0.1, 0.15) is 11.3 Å². The van der Waals surface area contributed by atoms with Crippen molar-refractivity contribution in [2.75, 3.05) is 31.1 Å². The van der Waals surface area contributed by atoms with Crippen LogP contribution in [0.2, 0.25) is 5.02 Å². The molecule has 2 aromatic heterocycles. The second kappa shape index (κ2) is 6.58. The Balaban J connectivity index is 1.63. The number of hydrogen-bond donors (Lipinski definition) is 0. The highest BCUT2D eigenvalue weighted by Crippen LogP contribution is 2.25. The first-order chi connectivity index (χ1) is 10.7. The molecular weight excluding hydrogens is 304 g/mol. The maximum atomic E-state index is 6.16. The van der Waals surface area contributed by atoms with E-state index in [0.29, 0.717) is 10.9 Å².